The predicted octanol–water partition coefficient (Wildman–Crippen LogP) is 2.76. The third-order valence-electron chi connectivity index (χ3n) is 6.83. The quantitative estimate of drug-likeness (QED) is 0.478. The van der Waals surface area contributed by atoms with Gasteiger partial charge < -0.3 is 25.5 Å². The molecule has 0 aromatic carbocycles. The number of anilines is 4. The van der Waals surface area contributed by atoms with Gasteiger partial charge in [0.25, 0.3) is 5.91 Å². The number of hydrogen-bond donors (Lipinski definition) is 3. The zero-order valence-corrected chi connectivity index (χ0v) is 20.6. The van der Waals surface area contributed by atoms with Crippen LogP contribution in [0.1, 0.15) is 54.6 Å². The second kappa shape index (κ2) is 9.99. The molecule has 1 aliphatic carbocycles. The standard InChI is InChI=1S/C25H31N9O2/c1-32(2)23-17(25(36)33-11-5-6-12-33)9-10-21(30-23)29-19-13-22(28-18-7-3-4-8-20(18)35)31-34-16(14-26)15-27-24(19)34/h9-10,13,15,18,20,35H,3-8,11-12H2,1-2H3,(H,28,31)(H,29,30)/t18-,20-/m1/s1. The van der Waals surface area contributed by atoms with Crippen molar-refractivity contribution in [3.8, 4) is 6.07 Å². The molecular weight excluding hydrogens is 458 g/mol. The van der Waals surface area contributed by atoms with E-state index in [0.717, 1.165) is 51.6 Å². The summed E-state index contributed by atoms with van der Waals surface area (Å²) < 4.78 is 1.48. The highest BCUT2D eigenvalue weighted by Gasteiger charge is 2.25. The average molecular weight is 490 g/mol. The zero-order valence-electron chi connectivity index (χ0n) is 20.6. The first-order valence-electron chi connectivity index (χ1n) is 12.4. The van der Waals surface area contributed by atoms with Gasteiger partial charge in [-0.3, -0.25) is 4.79 Å². The molecule has 2 aliphatic rings. The van der Waals surface area contributed by atoms with Crippen molar-refractivity contribution in [2.24, 2.45) is 0 Å². The van der Waals surface area contributed by atoms with E-state index in [0.29, 0.717) is 40.0 Å². The highest BCUT2D eigenvalue weighted by molar-refractivity contribution is 5.99. The molecule has 1 amide bonds. The average Bonchev–Trinajstić information content (AvgIpc) is 3.55. The van der Waals surface area contributed by atoms with Crippen LogP contribution in [-0.2, 0) is 0 Å². The van der Waals surface area contributed by atoms with Crippen LogP contribution in [0.5, 0.6) is 0 Å². The molecule has 2 fully saturated rings. The number of imidazole rings is 1. The number of carbonyl (C=O) groups is 1. The Morgan fingerprint density at radius 2 is 1.94 bits per heavy atom. The summed E-state index contributed by atoms with van der Waals surface area (Å²) in [5.74, 6) is 1.63. The number of nitrogens with zero attached hydrogens (tertiary/aromatic N) is 7. The molecule has 11 nitrogen and oxygen atoms in total. The molecule has 4 heterocycles. The first kappa shape index (κ1) is 23.8. The lowest BCUT2D eigenvalue weighted by Crippen LogP contribution is -2.36. The number of fused-ring (bicyclic) bond motifs is 1. The van der Waals surface area contributed by atoms with Crippen molar-refractivity contribution in [3.05, 3.63) is 35.7 Å². The van der Waals surface area contributed by atoms with Crippen LogP contribution in [0.3, 0.4) is 0 Å². The van der Waals surface area contributed by atoms with Gasteiger partial charge in [-0.2, -0.15) is 9.78 Å². The smallest absolute Gasteiger partial charge is 0.257 e. The van der Waals surface area contributed by atoms with E-state index in [1.807, 2.05) is 30.0 Å². The summed E-state index contributed by atoms with van der Waals surface area (Å²) in [7, 11) is 3.73. The van der Waals surface area contributed by atoms with Gasteiger partial charge in [0, 0.05) is 33.3 Å². The van der Waals surface area contributed by atoms with Crippen molar-refractivity contribution in [2.45, 2.75) is 50.7 Å². The number of pyridine rings is 1. The third kappa shape index (κ3) is 4.64. The Hall–Kier alpha value is -3.91. The van der Waals surface area contributed by atoms with E-state index in [4.69, 9.17) is 4.98 Å². The molecule has 3 aromatic rings. The van der Waals surface area contributed by atoms with Crippen molar-refractivity contribution in [3.63, 3.8) is 0 Å². The molecule has 1 aliphatic heterocycles. The van der Waals surface area contributed by atoms with E-state index >= 15 is 0 Å². The Bertz CT molecular complexity index is 1310. The number of aliphatic hydroxyl groups excluding tert-OH is 1. The third-order valence-corrected chi connectivity index (χ3v) is 6.83. The normalized spacial score (nSPS) is 19.8. The second-order valence-electron chi connectivity index (χ2n) is 9.62. The molecule has 3 aromatic heterocycles. The van der Waals surface area contributed by atoms with Gasteiger partial charge in [-0.25, -0.2) is 9.97 Å². The van der Waals surface area contributed by atoms with Crippen molar-refractivity contribution in [2.75, 3.05) is 42.7 Å². The maximum atomic E-state index is 13.1. The first-order chi connectivity index (χ1) is 17.4. The van der Waals surface area contributed by atoms with Gasteiger partial charge in [0.2, 0.25) is 0 Å². The molecule has 0 spiro atoms. The van der Waals surface area contributed by atoms with Crippen LogP contribution in [0.15, 0.2) is 24.4 Å². The van der Waals surface area contributed by atoms with E-state index in [1.54, 1.807) is 12.1 Å². The van der Waals surface area contributed by atoms with E-state index < -0.39 is 6.10 Å². The van der Waals surface area contributed by atoms with Crippen molar-refractivity contribution in [1.29, 1.82) is 5.26 Å². The van der Waals surface area contributed by atoms with Crippen molar-refractivity contribution >= 4 is 34.7 Å². The molecule has 2 atom stereocenters. The fourth-order valence-electron chi connectivity index (χ4n) is 4.93. The Morgan fingerprint density at radius 3 is 2.67 bits per heavy atom. The van der Waals surface area contributed by atoms with Crippen LogP contribution in [0, 0.1) is 11.3 Å². The Kier molecular flexibility index (Phi) is 6.61. The molecule has 0 unspecified atom stereocenters. The number of aromatic nitrogens is 4. The minimum atomic E-state index is -0.448. The van der Waals surface area contributed by atoms with Gasteiger partial charge in [-0.15, -0.1) is 5.10 Å². The lowest BCUT2D eigenvalue weighted by molar-refractivity contribution is 0.0793. The number of carbonyl (C=O) groups excluding carboxylic acids is 1. The number of nitrogens with one attached hydrogen (secondary N) is 2. The van der Waals surface area contributed by atoms with Crippen LogP contribution in [0.25, 0.3) is 5.65 Å². The van der Waals surface area contributed by atoms with Crippen LogP contribution >= 0.6 is 0 Å². The van der Waals surface area contributed by atoms with Crippen LogP contribution in [0.2, 0.25) is 0 Å². The number of amides is 1. The number of likely N-dealkylation sites (tertiary alicyclic amines) is 1. The van der Waals surface area contributed by atoms with Gasteiger partial charge in [-0.1, -0.05) is 12.8 Å². The maximum Gasteiger partial charge on any atom is 0.257 e. The summed E-state index contributed by atoms with van der Waals surface area (Å²) >= 11 is 0. The van der Waals surface area contributed by atoms with E-state index in [2.05, 4.69) is 26.8 Å². The lowest BCUT2D eigenvalue weighted by Gasteiger charge is -2.28. The molecule has 36 heavy (non-hydrogen) atoms. The molecule has 5 rings (SSSR count). The minimum Gasteiger partial charge on any atom is -0.391 e. The fraction of sp³-hybridized carbons (Fsp3) is 0.480. The van der Waals surface area contributed by atoms with Gasteiger partial charge in [0.1, 0.15) is 23.5 Å². The first-order valence-corrected chi connectivity index (χ1v) is 12.4. The Balaban J connectivity index is 1.48. The second-order valence-corrected chi connectivity index (χ2v) is 9.62. The summed E-state index contributed by atoms with van der Waals surface area (Å²) in [6, 6.07) is 7.40. The Morgan fingerprint density at radius 1 is 1.17 bits per heavy atom. The molecule has 0 radical (unpaired) electrons. The summed E-state index contributed by atoms with van der Waals surface area (Å²) in [6.07, 6.45) is 6.72. The molecule has 1 saturated heterocycles. The highest BCUT2D eigenvalue weighted by atomic mass is 16.3. The topological polar surface area (TPSA) is 135 Å². The van der Waals surface area contributed by atoms with Crippen LogP contribution in [0.4, 0.5) is 23.1 Å². The zero-order chi connectivity index (χ0) is 25.2. The largest absolute Gasteiger partial charge is 0.391 e. The van der Waals surface area contributed by atoms with Crippen LogP contribution in [-0.4, -0.2) is 74.8 Å². The minimum absolute atomic E-state index is 0.00834. The van der Waals surface area contributed by atoms with Gasteiger partial charge in [0.05, 0.1) is 29.6 Å². The van der Waals surface area contributed by atoms with Gasteiger partial charge >= 0.3 is 0 Å². The summed E-state index contributed by atoms with van der Waals surface area (Å²) in [5, 5.41) is 31.2. The lowest BCUT2D eigenvalue weighted by atomic mass is 9.92. The monoisotopic (exact) mass is 489 g/mol. The molecule has 0 bridgehead atoms. The van der Waals surface area contributed by atoms with Gasteiger partial charge in [-0.05, 0) is 37.8 Å². The van der Waals surface area contributed by atoms with Gasteiger partial charge in [0.15, 0.2) is 11.3 Å². The predicted molar refractivity (Wildman–Crippen MR) is 137 cm³/mol. The molecule has 3 N–H and O–H groups in total. The number of aliphatic hydroxyl groups is 1. The number of rotatable bonds is 6. The molecule has 1 saturated carbocycles. The van der Waals surface area contributed by atoms with E-state index in [9.17, 15) is 15.2 Å². The van der Waals surface area contributed by atoms with E-state index in [-0.39, 0.29) is 11.9 Å². The van der Waals surface area contributed by atoms with Crippen LogP contribution < -0.4 is 15.5 Å². The Labute approximate surface area is 209 Å². The molecule has 11 heteroatoms. The summed E-state index contributed by atoms with van der Waals surface area (Å²) in [6.45, 7) is 1.54. The fourth-order valence-corrected chi connectivity index (χ4v) is 4.93. The number of nitriles is 1. The molecule has 188 valence electrons. The SMILES string of the molecule is CN(C)c1nc(Nc2cc(N[C@@H]3CCCC[C@H]3O)nn3c(C#N)cnc23)ccc1C(=O)N1CCCC1. The highest BCUT2D eigenvalue weighted by Crippen LogP contribution is 2.29. The summed E-state index contributed by atoms with van der Waals surface area (Å²) in [5.41, 5.74) is 1.95. The van der Waals surface area contributed by atoms with Crippen molar-refractivity contribution < 1.29 is 9.90 Å². The maximum absolute atomic E-state index is 13.1. The molecular formula is C25H31N9O2. The van der Waals surface area contributed by atoms with Crippen molar-refractivity contribution in [1.82, 2.24) is 24.5 Å². The van der Waals surface area contributed by atoms with E-state index in [1.165, 1.54) is 10.7 Å². The number of hydrogen-bond acceptors (Lipinski definition) is 9. The summed E-state index contributed by atoms with van der Waals surface area (Å²) in [4.78, 5) is 25.9.